The van der Waals surface area contributed by atoms with Crippen LogP contribution >= 0.6 is 11.6 Å². The maximum absolute atomic E-state index is 12.9. The van der Waals surface area contributed by atoms with Crippen molar-refractivity contribution >= 4 is 44.6 Å². The number of benzene rings is 2. The smallest absolute Gasteiger partial charge is 0.229 e. The van der Waals surface area contributed by atoms with Gasteiger partial charge >= 0.3 is 0 Å². The zero-order valence-corrected chi connectivity index (χ0v) is 23.8. The van der Waals surface area contributed by atoms with E-state index < -0.39 is 15.1 Å². The van der Waals surface area contributed by atoms with E-state index in [0.29, 0.717) is 30.0 Å². The van der Waals surface area contributed by atoms with Gasteiger partial charge in [0.25, 0.3) is 0 Å². The quantitative estimate of drug-likeness (QED) is 0.374. The summed E-state index contributed by atoms with van der Waals surface area (Å²) in [5, 5.41) is 6.15. The first-order valence-electron chi connectivity index (χ1n) is 13.0. The first-order valence-corrected chi connectivity index (χ1v) is 14.9. The molecule has 2 aliphatic heterocycles. The zero-order chi connectivity index (χ0) is 27.0. The molecule has 8 nitrogen and oxygen atoms in total. The molecule has 0 amide bonds. The van der Waals surface area contributed by atoms with Crippen LogP contribution in [-0.4, -0.2) is 55.3 Å². The van der Waals surface area contributed by atoms with Gasteiger partial charge in [-0.05, 0) is 89.0 Å². The number of piperidine rings is 1. The third kappa shape index (κ3) is 5.19. The van der Waals surface area contributed by atoms with Gasteiger partial charge in [0.2, 0.25) is 5.95 Å². The molecule has 0 unspecified atom stereocenters. The van der Waals surface area contributed by atoms with Crippen molar-refractivity contribution in [1.82, 2.24) is 14.9 Å². The number of para-hydroxylation sites is 1. The Hall–Kier alpha value is -2.88. The van der Waals surface area contributed by atoms with E-state index in [1.165, 1.54) is 22.9 Å². The van der Waals surface area contributed by atoms with Gasteiger partial charge in [-0.25, -0.2) is 13.4 Å². The van der Waals surface area contributed by atoms with E-state index in [9.17, 15) is 8.42 Å². The summed E-state index contributed by atoms with van der Waals surface area (Å²) in [4.78, 5) is 11.6. The molecule has 1 saturated heterocycles. The Morgan fingerprint density at radius 3 is 2.61 bits per heavy atom. The number of aromatic nitrogens is 2. The van der Waals surface area contributed by atoms with E-state index in [-0.39, 0.29) is 9.92 Å². The number of fused-ring (bicyclic) bond motifs is 1. The van der Waals surface area contributed by atoms with Gasteiger partial charge < -0.3 is 20.3 Å². The van der Waals surface area contributed by atoms with Crippen molar-refractivity contribution in [3.8, 4) is 5.75 Å². The SMILES string of the molecule is Cc1cc(Nc2ncc(Cl)c(Nc3ccccc3S(=O)(=O)C(C)C)n2)c2c(c1C1CCN(C)CC1)CCO2. The summed E-state index contributed by atoms with van der Waals surface area (Å²) < 4.78 is 31.9. The molecule has 10 heteroatoms. The Balaban J connectivity index is 1.45. The van der Waals surface area contributed by atoms with Crippen LogP contribution in [0.1, 0.15) is 49.3 Å². The molecule has 0 spiro atoms. The van der Waals surface area contributed by atoms with Crippen LogP contribution in [0.3, 0.4) is 0 Å². The number of anilines is 4. The van der Waals surface area contributed by atoms with Crippen molar-refractivity contribution in [1.29, 1.82) is 0 Å². The summed E-state index contributed by atoms with van der Waals surface area (Å²) in [6, 6.07) is 8.87. The number of hydrogen-bond donors (Lipinski definition) is 2. The Morgan fingerprint density at radius 2 is 1.87 bits per heavy atom. The van der Waals surface area contributed by atoms with Crippen molar-refractivity contribution in [2.75, 3.05) is 37.4 Å². The van der Waals surface area contributed by atoms with E-state index >= 15 is 0 Å². The van der Waals surface area contributed by atoms with Crippen molar-refractivity contribution in [3.63, 3.8) is 0 Å². The van der Waals surface area contributed by atoms with Crippen LogP contribution in [0.25, 0.3) is 0 Å². The fourth-order valence-corrected chi connectivity index (χ4v) is 6.68. The molecule has 0 saturated carbocycles. The molecule has 5 rings (SSSR count). The minimum atomic E-state index is -3.51. The molecule has 2 aliphatic rings. The number of likely N-dealkylation sites (tertiary alicyclic amines) is 1. The van der Waals surface area contributed by atoms with Crippen molar-refractivity contribution in [2.45, 2.75) is 56.1 Å². The minimum Gasteiger partial charge on any atom is -0.491 e. The molecule has 0 aliphatic carbocycles. The molecule has 3 heterocycles. The first kappa shape index (κ1) is 26.7. The van der Waals surface area contributed by atoms with Gasteiger partial charge in [0.05, 0.1) is 34.3 Å². The summed E-state index contributed by atoms with van der Waals surface area (Å²) in [5.41, 5.74) is 5.19. The normalized spacial score (nSPS) is 16.4. The van der Waals surface area contributed by atoms with Crippen molar-refractivity contribution in [2.24, 2.45) is 0 Å². The molecule has 0 atom stereocenters. The molecule has 0 bridgehead atoms. The molecular formula is C28H34ClN5O3S. The number of rotatable bonds is 7. The number of sulfone groups is 1. The number of halogens is 1. The standard InChI is InChI=1S/C28H34ClN5O3S/c1-17(2)38(35,36)24-8-6-5-7-22(24)31-27-21(29)16-30-28(33-27)32-23-15-18(3)25(20-11-14-37-26(20)23)19-9-12-34(4)13-10-19/h5-8,15-17,19H,9-14H2,1-4H3,(H2,30,31,32,33). The van der Waals surface area contributed by atoms with Crippen LogP contribution in [0.15, 0.2) is 41.4 Å². The predicted molar refractivity (Wildman–Crippen MR) is 152 cm³/mol. The Bertz CT molecular complexity index is 1450. The molecule has 1 aromatic heterocycles. The highest BCUT2D eigenvalue weighted by Crippen LogP contribution is 2.44. The van der Waals surface area contributed by atoms with Crippen LogP contribution in [0, 0.1) is 6.92 Å². The second-order valence-electron chi connectivity index (χ2n) is 10.4. The van der Waals surface area contributed by atoms with Gasteiger partial charge in [-0.1, -0.05) is 23.7 Å². The van der Waals surface area contributed by atoms with Gasteiger partial charge in [-0.2, -0.15) is 4.98 Å². The van der Waals surface area contributed by atoms with Gasteiger partial charge in [-0.15, -0.1) is 0 Å². The topological polar surface area (TPSA) is 96.5 Å². The van der Waals surface area contributed by atoms with Crippen LogP contribution in [0.2, 0.25) is 5.02 Å². The third-order valence-corrected chi connectivity index (χ3v) is 9.90. The van der Waals surface area contributed by atoms with E-state index in [1.807, 2.05) is 0 Å². The molecular weight excluding hydrogens is 522 g/mol. The first-order chi connectivity index (χ1) is 18.1. The average molecular weight is 556 g/mol. The monoisotopic (exact) mass is 555 g/mol. The summed E-state index contributed by atoms with van der Waals surface area (Å²) in [6.07, 6.45) is 4.70. The summed E-state index contributed by atoms with van der Waals surface area (Å²) in [7, 11) is -1.33. The van der Waals surface area contributed by atoms with Crippen molar-refractivity contribution in [3.05, 3.63) is 58.2 Å². The molecule has 2 N–H and O–H groups in total. The maximum atomic E-state index is 12.9. The van der Waals surface area contributed by atoms with Crippen LogP contribution in [0.4, 0.5) is 23.1 Å². The summed E-state index contributed by atoms with van der Waals surface area (Å²) in [6.45, 7) is 8.35. The van der Waals surface area contributed by atoms with E-state index in [0.717, 1.165) is 43.8 Å². The molecule has 38 heavy (non-hydrogen) atoms. The van der Waals surface area contributed by atoms with Gasteiger partial charge in [0.1, 0.15) is 10.8 Å². The fourth-order valence-electron chi connectivity index (χ4n) is 5.34. The van der Waals surface area contributed by atoms with Crippen LogP contribution in [0.5, 0.6) is 5.75 Å². The van der Waals surface area contributed by atoms with Crippen molar-refractivity contribution < 1.29 is 13.2 Å². The molecule has 0 radical (unpaired) electrons. The lowest BCUT2D eigenvalue weighted by atomic mass is 9.83. The number of nitrogens with one attached hydrogen (secondary N) is 2. The lowest BCUT2D eigenvalue weighted by molar-refractivity contribution is 0.254. The summed E-state index contributed by atoms with van der Waals surface area (Å²) >= 11 is 6.42. The Kier molecular flexibility index (Phi) is 7.53. The third-order valence-electron chi connectivity index (χ3n) is 7.41. The Morgan fingerprint density at radius 1 is 1.13 bits per heavy atom. The van der Waals surface area contributed by atoms with Gasteiger partial charge in [-0.3, -0.25) is 0 Å². The predicted octanol–water partition coefficient (Wildman–Crippen LogP) is 5.85. The van der Waals surface area contributed by atoms with Crippen LogP contribution < -0.4 is 15.4 Å². The number of aryl methyl sites for hydroxylation is 1. The molecule has 2 aromatic carbocycles. The lowest BCUT2D eigenvalue weighted by Crippen LogP contribution is -2.29. The van der Waals surface area contributed by atoms with E-state index in [1.54, 1.807) is 38.1 Å². The maximum Gasteiger partial charge on any atom is 0.229 e. The second-order valence-corrected chi connectivity index (χ2v) is 13.2. The van der Waals surface area contributed by atoms with E-state index in [2.05, 4.69) is 45.5 Å². The Labute approximate surface area is 229 Å². The number of hydrogen-bond acceptors (Lipinski definition) is 8. The van der Waals surface area contributed by atoms with Gasteiger partial charge in [0.15, 0.2) is 15.7 Å². The van der Waals surface area contributed by atoms with E-state index in [4.69, 9.17) is 16.3 Å². The number of ether oxygens (including phenoxy) is 1. The molecule has 1 fully saturated rings. The second kappa shape index (κ2) is 10.7. The summed E-state index contributed by atoms with van der Waals surface area (Å²) in [5.74, 6) is 2.06. The van der Waals surface area contributed by atoms with Crippen LogP contribution in [-0.2, 0) is 16.3 Å². The fraction of sp³-hybridized carbons (Fsp3) is 0.429. The zero-order valence-electron chi connectivity index (χ0n) is 22.2. The number of nitrogens with zero attached hydrogens (tertiary/aromatic N) is 3. The molecule has 202 valence electrons. The highest BCUT2D eigenvalue weighted by Gasteiger charge is 2.29. The average Bonchev–Trinajstić information content (AvgIpc) is 3.37. The largest absolute Gasteiger partial charge is 0.491 e. The highest BCUT2D eigenvalue weighted by molar-refractivity contribution is 7.92. The molecule has 3 aromatic rings. The lowest BCUT2D eigenvalue weighted by Gasteiger charge is -2.31. The minimum absolute atomic E-state index is 0.200. The van der Waals surface area contributed by atoms with Gasteiger partial charge in [0, 0.05) is 12.0 Å². The highest BCUT2D eigenvalue weighted by atomic mass is 35.5.